The van der Waals surface area contributed by atoms with E-state index >= 15 is 0 Å². The molecule has 0 aliphatic carbocycles. The van der Waals surface area contributed by atoms with Gasteiger partial charge in [0.05, 0.1) is 25.7 Å². The molecule has 0 aromatic heterocycles. The SMILES string of the molecule is COC(=O)[C@H](C)C[C@@H](C)[C@@H]1OC(C)(C)OC[C@H]1C. The number of rotatable bonds is 4. The first-order valence-electron chi connectivity index (χ1n) is 6.66. The van der Waals surface area contributed by atoms with Crippen molar-refractivity contribution in [3.05, 3.63) is 0 Å². The van der Waals surface area contributed by atoms with E-state index in [2.05, 4.69) is 13.8 Å². The number of hydrogen-bond donors (Lipinski definition) is 0. The van der Waals surface area contributed by atoms with Gasteiger partial charge in [-0.1, -0.05) is 20.8 Å². The number of hydrogen-bond acceptors (Lipinski definition) is 4. The van der Waals surface area contributed by atoms with Gasteiger partial charge in [0.25, 0.3) is 0 Å². The Morgan fingerprint density at radius 2 is 2.06 bits per heavy atom. The summed E-state index contributed by atoms with van der Waals surface area (Å²) in [5, 5.41) is 0. The maximum atomic E-state index is 11.5. The third kappa shape index (κ3) is 3.95. The lowest BCUT2D eigenvalue weighted by Crippen LogP contribution is -2.47. The predicted molar refractivity (Wildman–Crippen MR) is 69.0 cm³/mol. The van der Waals surface area contributed by atoms with Crippen LogP contribution < -0.4 is 0 Å². The summed E-state index contributed by atoms with van der Waals surface area (Å²) >= 11 is 0. The monoisotopic (exact) mass is 258 g/mol. The van der Waals surface area contributed by atoms with Crippen molar-refractivity contribution in [3.63, 3.8) is 0 Å². The second kappa shape index (κ2) is 6.02. The molecule has 0 bridgehead atoms. The van der Waals surface area contributed by atoms with E-state index in [1.54, 1.807) is 0 Å². The van der Waals surface area contributed by atoms with Crippen LogP contribution in [0.4, 0.5) is 0 Å². The van der Waals surface area contributed by atoms with Gasteiger partial charge < -0.3 is 14.2 Å². The minimum Gasteiger partial charge on any atom is -0.469 e. The summed E-state index contributed by atoms with van der Waals surface area (Å²) in [5.74, 6) is -0.123. The topological polar surface area (TPSA) is 44.8 Å². The van der Waals surface area contributed by atoms with Crippen molar-refractivity contribution in [2.24, 2.45) is 17.8 Å². The van der Waals surface area contributed by atoms with E-state index in [4.69, 9.17) is 14.2 Å². The number of esters is 1. The summed E-state index contributed by atoms with van der Waals surface area (Å²) in [6.45, 7) is 10.7. The highest BCUT2D eigenvalue weighted by Gasteiger charge is 2.37. The van der Waals surface area contributed by atoms with Crippen molar-refractivity contribution in [2.45, 2.75) is 52.9 Å². The third-order valence-electron chi connectivity index (χ3n) is 3.56. The molecule has 0 saturated carbocycles. The lowest BCUT2D eigenvalue weighted by molar-refractivity contribution is -0.300. The molecule has 1 aliphatic heterocycles. The van der Waals surface area contributed by atoms with E-state index in [1.165, 1.54) is 7.11 Å². The molecule has 0 radical (unpaired) electrons. The predicted octanol–water partition coefficient (Wildman–Crippen LogP) is 2.61. The Kier molecular flexibility index (Phi) is 5.17. The van der Waals surface area contributed by atoms with Gasteiger partial charge in [0.1, 0.15) is 0 Å². The van der Waals surface area contributed by atoms with Gasteiger partial charge in [0.2, 0.25) is 0 Å². The van der Waals surface area contributed by atoms with E-state index in [0.29, 0.717) is 18.4 Å². The maximum absolute atomic E-state index is 11.5. The Hall–Kier alpha value is -0.610. The Morgan fingerprint density at radius 1 is 1.44 bits per heavy atom. The van der Waals surface area contributed by atoms with Crippen molar-refractivity contribution < 1.29 is 19.0 Å². The van der Waals surface area contributed by atoms with Crippen molar-refractivity contribution in [3.8, 4) is 0 Å². The van der Waals surface area contributed by atoms with Gasteiger partial charge in [-0.3, -0.25) is 4.79 Å². The Balaban J connectivity index is 2.59. The molecule has 0 N–H and O–H groups in total. The summed E-state index contributed by atoms with van der Waals surface area (Å²) in [7, 11) is 1.43. The van der Waals surface area contributed by atoms with E-state index < -0.39 is 5.79 Å². The molecule has 0 aromatic rings. The van der Waals surface area contributed by atoms with Crippen LogP contribution in [-0.2, 0) is 19.0 Å². The molecule has 106 valence electrons. The van der Waals surface area contributed by atoms with E-state index in [-0.39, 0.29) is 18.0 Å². The van der Waals surface area contributed by atoms with Crippen molar-refractivity contribution in [1.29, 1.82) is 0 Å². The molecule has 4 nitrogen and oxygen atoms in total. The van der Waals surface area contributed by atoms with Gasteiger partial charge in [0, 0.05) is 5.92 Å². The van der Waals surface area contributed by atoms with E-state index in [0.717, 1.165) is 6.42 Å². The fourth-order valence-corrected chi connectivity index (χ4v) is 2.57. The summed E-state index contributed by atoms with van der Waals surface area (Å²) < 4.78 is 16.4. The molecule has 1 saturated heterocycles. The summed E-state index contributed by atoms with van der Waals surface area (Å²) in [4.78, 5) is 11.5. The Morgan fingerprint density at radius 3 is 2.61 bits per heavy atom. The fourth-order valence-electron chi connectivity index (χ4n) is 2.57. The Bertz CT molecular complexity index is 288. The van der Waals surface area contributed by atoms with Crippen LogP contribution in [0.15, 0.2) is 0 Å². The molecule has 0 aromatic carbocycles. The van der Waals surface area contributed by atoms with Crippen LogP contribution >= 0.6 is 0 Å². The van der Waals surface area contributed by atoms with Crippen LogP contribution in [0.2, 0.25) is 0 Å². The average Bonchev–Trinajstić information content (AvgIpc) is 2.31. The van der Waals surface area contributed by atoms with Gasteiger partial charge >= 0.3 is 5.97 Å². The van der Waals surface area contributed by atoms with Crippen molar-refractivity contribution in [2.75, 3.05) is 13.7 Å². The molecule has 1 heterocycles. The molecular formula is C14H26O4. The average molecular weight is 258 g/mol. The Labute approximate surface area is 110 Å². The highest BCUT2D eigenvalue weighted by molar-refractivity contribution is 5.71. The van der Waals surface area contributed by atoms with Crippen LogP contribution in [0.25, 0.3) is 0 Å². The summed E-state index contributed by atoms with van der Waals surface area (Å²) in [6, 6.07) is 0. The van der Waals surface area contributed by atoms with Gasteiger partial charge in [-0.25, -0.2) is 0 Å². The third-order valence-corrected chi connectivity index (χ3v) is 3.56. The maximum Gasteiger partial charge on any atom is 0.308 e. The fraction of sp³-hybridized carbons (Fsp3) is 0.929. The van der Waals surface area contributed by atoms with Gasteiger partial charge in [-0.2, -0.15) is 0 Å². The zero-order valence-corrected chi connectivity index (χ0v) is 12.4. The number of carbonyl (C=O) groups is 1. The van der Waals surface area contributed by atoms with E-state index in [1.807, 2.05) is 20.8 Å². The molecule has 0 spiro atoms. The van der Waals surface area contributed by atoms with Crippen LogP contribution in [0.5, 0.6) is 0 Å². The molecule has 1 rings (SSSR count). The van der Waals surface area contributed by atoms with Gasteiger partial charge in [-0.15, -0.1) is 0 Å². The standard InChI is InChI=1S/C14H26O4/c1-9(7-10(2)13(15)16-6)12-11(3)8-17-14(4,5)18-12/h9-12H,7-8H2,1-6H3/t9-,10-,11-,12+/m1/s1. The minimum absolute atomic E-state index is 0.0910. The van der Waals surface area contributed by atoms with Gasteiger partial charge in [0.15, 0.2) is 5.79 Å². The number of methoxy groups -OCH3 is 1. The second-order valence-electron chi connectivity index (χ2n) is 5.91. The largest absolute Gasteiger partial charge is 0.469 e. The van der Waals surface area contributed by atoms with Crippen LogP contribution in [0.3, 0.4) is 0 Å². The lowest BCUT2D eigenvalue weighted by Gasteiger charge is -2.42. The number of ether oxygens (including phenoxy) is 3. The van der Waals surface area contributed by atoms with Crippen molar-refractivity contribution in [1.82, 2.24) is 0 Å². The summed E-state index contributed by atoms with van der Waals surface area (Å²) in [6.07, 6.45) is 0.901. The molecule has 4 heteroatoms. The highest BCUT2D eigenvalue weighted by Crippen LogP contribution is 2.32. The second-order valence-corrected chi connectivity index (χ2v) is 5.91. The molecule has 1 aliphatic rings. The first kappa shape index (κ1) is 15.4. The zero-order valence-electron chi connectivity index (χ0n) is 12.4. The molecule has 1 fully saturated rings. The smallest absolute Gasteiger partial charge is 0.308 e. The lowest BCUT2D eigenvalue weighted by atomic mass is 9.86. The first-order chi connectivity index (χ1) is 8.26. The van der Waals surface area contributed by atoms with Crippen molar-refractivity contribution >= 4 is 5.97 Å². The molecule has 4 atom stereocenters. The van der Waals surface area contributed by atoms with Gasteiger partial charge in [-0.05, 0) is 26.2 Å². The summed E-state index contributed by atoms with van der Waals surface area (Å²) in [5.41, 5.74) is 0. The number of carbonyl (C=O) groups excluding carboxylic acids is 1. The highest BCUT2D eigenvalue weighted by atomic mass is 16.7. The van der Waals surface area contributed by atoms with E-state index in [9.17, 15) is 4.79 Å². The molecule has 0 amide bonds. The zero-order chi connectivity index (χ0) is 13.9. The molecule has 18 heavy (non-hydrogen) atoms. The first-order valence-corrected chi connectivity index (χ1v) is 6.66. The van der Waals surface area contributed by atoms with Crippen LogP contribution in [0, 0.1) is 17.8 Å². The normalized spacial score (nSPS) is 30.6. The van der Waals surface area contributed by atoms with Crippen LogP contribution in [0.1, 0.15) is 41.0 Å². The van der Waals surface area contributed by atoms with Crippen LogP contribution in [-0.4, -0.2) is 31.6 Å². The molecular weight excluding hydrogens is 232 g/mol. The quantitative estimate of drug-likeness (QED) is 0.727. The molecule has 0 unspecified atom stereocenters. The minimum atomic E-state index is -0.528.